The van der Waals surface area contributed by atoms with Crippen LogP contribution in [0.5, 0.6) is 5.75 Å². The van der Waals surface area contributed by atoms with Gasteiger partial charge in [0.2, 0.25) is 0 Å². The topological polar surface area (TPSA) is 50.4 Å². The van der Waals surface area contributed by atoms with Gasteiger partial charge < -0.3 is 15.4 Å². The lowest BCUT2D eigenvalue weighted by Crippen LogP contribution is -2.37. The van der Waals surface area contributed by atoms with E-state index in [1.54, 1.807) is 25.3 Å². The Morgan fingerprint density at radius 2 is 2.22 bits per heavy atom. The summed E-state index contributed by atoms with van der Waals surface area (Å²) in [6.07, 6.45) is 2.39. The van der Waals surface area contributed by atoms with E-state index >= 15 is 0 Å². The van der Waals surface area contributed by atoms with Crippen LogP contribution in [0, 0.1) is 5.92 Å². The summed E-state index contributed by atoms with van der Waals surface area (Å²) in [5, 5.41) is 6.23. The van der Waals surface area contributed by atoms with Crippen LogP contribution in [0.3, 0.4) is 0 Å². The van der Waals surface area contributed by atoms with Gasteiger partial charge in [0.15, 0.2) is 0 Å². The second-order valence-corrected chi connectivity index (χ2v) is 5.01. The molecule has 1 aromatic rings. The van der Waals surface area contributed by atoms with Crippen LogP contribution < -0.4 is 15.4 Å². The van der Waals surface area contributed by atoms with Crippen LogP contribution >= 0.6 is 11.6 Å². The van der Waals surface area contributed by atoms with Crippen LogP contribution in [-0.4, -0.2) is 19.2 Å². The SMILES string of the molecule is COc1ccc(Cl)cc1NC(=O)NC(C)C1CC1. The monoisotopic (exact) mass is 268 g/mol. The van der Waals surface area contributed by atoms with Crippen LogP contribution in [0.2, 0.25) is 5.02 Å². The summed E-state index contributed by atoms with van der Waals surface area (Å²) in [5.74, 6) is 1.21. The standard InChI is InChI=1S/C13H17ClN2O2/c1-8(9-3-4-9)15-13(17)16-11-7-10(14)5-6-12(11)18-2/h5-9H,3-4H2,1-2H3,(H2,15,16,17). The minimum Gasteiger partial charge on any atom is -0.495 e. The Morgan fingerprint density at radius 1 is 1.50 bits per heavy atom. The lowest BCUT2D eigenvalue weighted by molar-refractivity contribution is 0.248. The molecule has 0 aromatic heterocycles. The Kier molecular flexibility index (Phi) is 3.97. The molecule has 2 N–H and O–H groups in total. The van der Waals surface area contributed by atoms with Crippen molar-refractivity contribution in [1.29, 1.82) is 0 Å². The Balaban J connectivity index is 1.98. The molecule has 5 heteroatoms. The number of halogens is 1. The first kappa shape index (κ1) is 13.0. The maximum atomic E-state index is 11.8. The third-order valence-electron chi connectivity index (χ3n) is 3.10. The van der Waals surface area contributed by atoms with Gasteiger partial charge in [-0.05, 0) is 43.9 Å². The first-order valence-corrected chi connectivity index (χ1v) is 6.39. The largest absolute Gasteiger partial charge is 0.495 e. The first-order chi connectivity index (χ1) is 8.60. The van der Waals surface area contributed by atoms with Gasteiger partial charge in [0.05, 0.1) is 12.8 Å². The smallest absolute Gasteiger partial charge is 0.319 e. The number of amides is 2. The van der Waals surface area contributed by atoms with Crippen LogP contribution in [0.15, 0.2) is 18.2 Å². The van der Waals surface area contributed by atoms with E-state index in [1.807, 2.05) is 6.92 Å². The predicted octanol–water partition coefficient (Wildman–Crippen LogP) is 3.27. The van der Waals surface area contributed by atoms with Gasteiger partial charge in [-0.3, -0.25) is 0 Å². The van der Waals surface area contributed by atoms with E-state index in [0.29, 0.717) is 22.4 Å². The maximum absolute atomic E-state index is 11.8. The van der Waals surface area contributed by atoms with Gasteiger partial charge in [-0.1, -0.05) is 11.6 Å². The summed E-state index contributed by atoms with van der Waals surface area (Å²) in [4.78, 5) is 11.8. The molecule has 0 heterocycles. The number of carbonyl (C=O) groups excluding carboxylic acids is 1. The van der Waals surface area contributed by atoms with Crippen molar-refractivity contribution >= 4 is 23.3 Å². The van der Waals surface area contributed by atoms with Gasteiger partial charge in [-0.2, -0.15) is 0 Å². The molecule has 1 aliphatic rings. The van der Waals surface area contributed by atoms with Crippen molar-refractivity contribution in [3.8, 4) is 5.75 Å². The van der Waals surface area contributed by atoms with E-state index in [2.05, 4.69) is 10.6 Å². The normalized spacial score (nSPS) is 15.9. The van der Waals surface area contributed by atoms with Gasteiger partial charge in [-0.25, -0.2) is 4.79 Å². The fourth-order valence-corrected chi connectivity index (χ4v) is 2.03. The fourth-order valence-electron chi connectivity index (χ4n) is 1.86. The van der Waals surface area contributed by atoms with Crippen molar-refractivity contribution in [2.45, 2.75) is 25.8 Å². The number of ether oxygens (including phenoxy) is 1. The van der Waals surface area contributed by atoms with E-state index in [-0.39, 0.29) is 12.1 Å². The van der Waals surface area contributed by atoms with Gasteiger partial charge in [0.25, 0.3) is 0 Å². The Labute approximate surface area is 112 Å². The highest BCUT2D eigenvalue weighted by molar-refractivity contribution is 6.31. The molecule has 0 bridgehead atoms. The number of hydrogen-bond donors (Lipinski definition) is 2. The minimum absolute atomic E-state index is 0.204. The van der Waals surface area contributed by atoms with Crippen molar-refractivity contribution in [1.82, 2.24) is 5.32 Å². The zero-order chi connectivity index (χ0) is 13.1. The van der Waals surface area contributed by atoms with E-state index in [4.69, 9.17) is 16.3 Å². The minimum atomic E-state index is -0.227. The molecule has 1 unspecified atom stereocenters. The molecule has 1 fully saturated rings. The average Bonchev–Trinajstić information content (AvgIpc) is 3.12. The number of nitrogens with one attached hydrogen (secondary N) is 2. The van der Waals surface area contributed by atoms with Crippen molar-refractivity contribution in [3.63, 3.8) is 0 Å². The lowest BCUT2D eigenvalue weighted by Gasteiger charge is -2.15. The molecule has 98 valence electrons. The molecule has 1 atom stereocenters. The second kappa shape index (κ2) is 5.48. The van der Waals surface area contributed by atoms with Crippen molar-refractivity contribution in [2.75, 3.05) is 12.4 Å². The number of hydrogen-bond acceptors (Lipinski definition) is 2. The number of methoxy groups -OCH3 is 1. The molecule has 1 aliphatic carbocycles. The van der Waals surface area contributed by atoms with E-state index in [1.165, 1.54) is 12.8 Å². The Hall–Kier alpha value is -1.42. The van der Waals surface area contributed by atoms with Crippen LogP contribution in [0.1, 0.15) is 19.8 Å². The van der Waals surface area contributed by atoms with Crippen molar-refractivity contribution in [2.24, 2.45) is 5.92 Å². The number of anilines is 1. The highest BCUT2D eigenvalue weighted by Crippen LogP contribution is 2.32. The van der Waals surface area contributed by atoms with Crippen molar-refractivity contribution in [3.05, 3.63) is 23.2 Å². The Morgan fingerprint density at radius 3 is 2.83 bits per heavy atom. The first-order valence-electron chi connectivity index (χ1n) is 6.01. The summed E-state index contributed by atoms with van der Waals surface area (Å²) >= 11 is 5.90. The summed E-state index contributed by atoms with van der Waals surface area (Å²) in [6.45, 7) is 2.02. The van der Waals surface area contributed by atoms with Gasteiger partial charge in [-0.15, -0.1) is 0 Å². The molecule has 2 amide bonds. The van der Waals surface area contributed by atoms with Crippen LogP contribution in [-0.2, 0) is 0 Å². The third-order valence-corrected chi connectivity index (χ3v) is 3.33. The molecular weight excluding hydrogens is 252 g/mol. The molecule has 2 rings (SSSR count). The summed E-state index contributed by atoms with van der Waals surface area (Å²) < 4.78 is 5.16. The van der Waals surface area contributed by atoms with Gasteiger partial charge in [0, 0.05) is 11.1 Å². The molecule has 18 heavy (non-hydrogen) atoms. The molecule has 0 spiro atoms. The van der Waals surface area contributed by atoms with E-state index < -0.39 is 0 Å². The third kappa shape index (κ3) is 3.29. The van der Waals surface area contributed by atoms with E-state index in [0.717, 1.165) is 0 Å². The summed E-state index contributed by atoms with van der Waals surface area (Å²) in [7, 11) is 1.55. The Bertz CT molecular complexity index is 447. The maximum Gasteiger partial charge on any atom is 0.319 e. The van der Waals surface area contributed by atoms with Gasteiger partial charge in [0.1, 0.15) is 5.75 Å². The number of rotatable bonds is 4. The highest BCUT2D eigenvalue weighted by atomic mass is 35.5. The molecule has 0 radical (unpaired) electrons. The van der Waals surface area contributed by atoms with E-state index in [9.17, 15) is 4.79 Å². The second-order valence-electron chi connectivity index (χ2n) is 4.57. The molecule has 1 aromatic carbocycles. The van der Waals surface area contributed by atoms with Crippen molar-refractivity contribution < 1.29 is 9.53 Å². The quantitative estimate of drug-likeness (QED) is 0.881. The predicted molar refractivity (Wildman–Crippen MR) is 72.3 cm³/mol. The van der Waals surface area contributed by atoms with Crippen LogP contribution in [0.25, 0.3) is 0 Å². The summed E-state index contributed by atoms with van der Waals surface area (Å²) in [5.41, 5.74) is 0.575. The molecule has 4 nitrogen and oxygen atoms in total. The lowest BCUT2D eigenvalue weighted by atomic mass is 10.2. The molecule has 0 aliphatic heterocycles. The molecule has 1 saturated carbocycles. The number of urea groups is 1. The highest BCUT2D eigenvalue weighted by Gasteiger charge is 2.28. The summed E-state index contributed by atoms with van der Waals surface area (Å²) in [6, 6.07) is 5.09. The zero-order valence-electron chi connectivity index (χ0n) is 10.5. The number of benzene rings is 1. The molecule has 0 saturated heterocycles. The fraction of sp³-hybridized carbons (Fsp3) is 0.462. The van der Waals surface area contributed by atoms with Gasteiger partial charge >= 0.3 is 6.03 Å². The van der Waals surface area contributed by atoms with Crippen LogP contribution in [0.4, 0.5) is 10.5 Å². The molecular formula is C13H17ClN2O2. The number of carbonyl (C=O) groups is 1. The average molecular weight is 269 g/mol. The zero-order valence-corrected chi connectivity index (χ0v) is 11.3.